The van der Waals surface area contributed by atoms with E-state index in [0.29, 0.717) is 12.0 Å². The normalized spacial score (nSPS) is 49.2. The quantitative estimate of drug-likeness (QED) is 0.479. The Morgan fingerprint density at radius 1 is 1.75 bits per heavy atom. The van der Waals surface area contributed by atoms with Crippen LogP contribution in [0.3, 0.4) is 0 Å². The van der Waals surface area contributed by atoms with Gasteiger partial charge in [0, 0.05) is 12.0 Å². The summed E-state index contributed by atoms with van der Waals surface area (Å²) in [6.45, 7) is 0. The van der Waals surface area contributed by atoms with Crippen LogP contribution in [-0.2, 0) is 4.79 Å². The SMILES string of the molecule is O=C(O)[C@H]1N[C@H]2C[C@H]21. The number of aliphatic carboxylic acids is 1. The Kier molecular flexibility index (Phi) is 0.568. The number of carboxylic acids is 1. The lowest BCUT2D eigenvalue weighted by Crippen LogP contribution is -2.50. The molecule has 1 aliphatic carbocycles. The van der Waals surface area contributed by atoms with Crippen molar-refractivity contribution in [2.75, 3.05) is 0 Å². The smallest absolute Gasteiger partial charge is 0.321 e. The van der Waals surface area contributed by atoms with Crippen molar-refractivity contribution in [3.63, 3.8) is 0 Å². The lowest BCUT2D eigenvalue weighted by Gasteiger charge is -2.21. The Bertz CT molecular complexity index is 145. The van der Waals surface area contributed by atoms with Crippen molar-refractivity contribution < 1.29 is 9.90 Å². The molecule has 1 saturated carbocycles. The third-order valence-electron chi connectivity index (χ3n) is 1.93. The molecule has 0 aromatic rings. The molecule has 0 amide bonds. The van der Waals surface area contributed by atoms with Crippen molar-refractivity contribution in [1.29, 1.82) is 0 Å². The molecule has 1 heterocycles. The monoisotopic (exact) mass is 113 g/mol. The predicted molar refractivity (Wildman–Crippen MR) is 26.5 cm³/mol. The topological polar surface area (TPSA) is 49.3 Å². The number of carboxylic acid groups (broad SMARTS) is 1. The van der Waals surface area contributed by atoms with Gasteiger partial charge in [-0.05, 0) is 6.42 Å². The van der Waals surface area contributed by atoms with Gasteiger partial charge in [0.2, 0.25) is 0 Å². The standard InChI is InChI=1S/C5H7NO2/c7-5(8)4-2-1-3(2)6-4/h2-4,6H,1H2,(H,7,8)/t2-,3+,4+/m1/s1. The van der Waals surface area contributed by atoms with Crippen LogP contribution in [0.1, 0.15) is 6.42 Å². The molecule has 0 bridgehead atoms. The number of hydrogen-bond acceptors (Lipinski definition) is 2. The van der Waals surface area contributed by atoms with Gasteiger partial charge in [-0.2, -0.15) is 0 Å². The largest absolute Gasteiger partial charge is 0.480 e. The zero-order valence-electron chi connectivity index (χ0n) is 4.29. The molecule has 0 radical (unpaired) electrons. The number of carbonyl (C=O) groups is 1. The van der Waals surface area contributed by atoms with Gasteiger partial charge in [-0.1, -0.05) is 0 Å². The molecule has 0 unspecified atom stereocenters. The molecule has 2 N–H and O–H groups in total. The van der Waals surface area contributed by atoms with Gasteiger partial charge in [-0.25, -0.2) is 0 Å². The second kappa shape index (κ2) is 1.05. The van der Waals surface area contributed by atoms with Gasteiger partial charge in [0.15, 0.2) is 0 Å². The van der Waals surface area contributed by atoms with E-state index in [-0.39, 0.29) is 6.04 Å². The first-order valence-electron chi connectivity index (χ1n) is 2.78. The number of rotatable bonds is 1. The molecule has 8 heavy (non-hydrogen) atoms. The zero-order chi connectivity index (χ0) is 5.72. The van der Waals surface area contributed by atoms with Crippen LogP contribution in [0.5, 0.6) is 0 Å². The van der Waals surface area contributed by atoms with E-state index in [4.69, 9.17) is 5.11 Å². The molecule has 3 heteroatoms. The maximum absolute atomic E-state index is 10.2. The van der Waals surface area contributed by atoms with Crippen molar-refractivity contribution in [2.24, 2.45) is 5.92 Å². The first kappa shape index (κ1) is 4.32. The summed E-state index contributed by atoms with van der Waals surface area (Å²) in [6.07, 6.45) is 1.08. The van der Waals surface area contributed by atoms with Crippen molar-refractivity contribution in [1.82, 2.24) is 5.32 Å². The highest BCUT2D eigenvalue weighted by molar-refractivity contribution is 5.76. The Morgan fingerprint density at radius 2 is 2.50 bits per heavy atom. The second-order valence-electron chi connectivity index (χ2n) is 2.49. The van der Waals surface area contributed by atoms with Crippen LogP contribution in [0.4, 0.5) is 0 Å². The minimum Gasteiger partial charge on any atom is -0.480 e. The minimum absolute atomic E-state index is 0.208. The van der Waals surface area contributed by atoms with E-state index in [1.807, 2.05) is 0 Å². The molecule has 2 fully saturated rings. The van der Waals surface area contributed by atoms with Crippen molar-refractivity contribution >= 4 is 5.97 Å². The summed E-state index contributed by atoms with van der Waals surface area (Å²) in [5.74, 6) is -0.212. The molecule has 44 valence electrons. The van der Waals surface area contributed by atoms with Crippen molar-refractivity contribution in [3.8, 4) is 0 Å². The molecular weight excluding hydrogens is 106 g/mol. The third-order valence-corrected chi connectivity index (χ3v) is 1.93. The molecule has 3 nitrogen and oxygen atoms in total. The summed E-state index contributed by atoms with van der Waals surface area (Å²) >= 11 is 0. The second-order valence-corrected chi connectivity index (χ2v) is 2.49. The predicted octanol–water partition coefficient (Wildman–Crippen LogP) is -0.569. The lowest BCUT2D eigenvalue weighted by atomic mass is 10.1. The molecule has 3 atom stereocenters. The summed E-state index contributed by atoms with van der Waals surface area (Å²) in [5.41, 5.74) is 0. The maximum atomic E-state index is 10.2. The Labute approximate surface area is 46.7 Å². The number of fused-ring (bicyclic) bond motifs is 1. The van der Waals surface area contributed by atoms with Crippen LogP contribution < -0.4 is 5.32 Å². The van der Waals surface area contributed by atoms with Gasteiger partial charge >= 0.3 is 5.97 Å². The first-order chi connectivity index (χ1) is 3.79. The fraction of sp³-hybridized carbons (Fsp3) is 0.800. The summed E-state index contributed by atoms with van der Waals surface area (Å²) in [4.78, 5) is 10.2. The van der Waals surface area contributed by atoms with Crippen LogP contribution in [0, 0.1) is 5.92 Å². The fourth-order valence-electron chi connectivity index (χ4n) is 1.26. The summed E-state index contributed by atoms with van der Waals surface area (Å²) in [6, 6.07) is 0.357. The van der Waals surface area contributed by atoms with Gasteiger partial charge in [-0.15, -0.1) is 0 Å². The van der Waals surface area contributed by atoms with Gasteiger partial charge < -0.3 is 10.4 Å². The van der Waals surface area contributed by atoms with Crippen LogP contribution in [0.2, 0.25) is 0 Å². The van der Waals surface area contributed by atoms with Crippen LogP contribution in [0.25, 0.3) is 0 Å². The average Bonchev–Trinajstić information content (AvgIpc) is 2.13. The molecule has 1 aliphatic heterocycles. The Balaban J connectivity index is 2.01. The molecule has 2 aliphatic rings. The average molecular weight is 113 g/mol. The van der Waals surface area contributed by atoms with Crippen molar-refractivity contribution in [3.05, 3.63) is 0 Å². The fourth-order valence-corrected chi connectivity index (χ4v) is 1.26. The van der Waals surface area contributed by atoms with E-state index in [2.05, 4.69) is 5.32 Å². The summed E-state index contributed by atoms with van der Waals surface area (Å²) in [5, 5.41) is 11.3. The highest BCUT2D eigenvalue weighted by atomic mass is 16.4. The van der Waals surface area contributed by atoms with E-state index in [1.54, 1.807) is 0 Å². The minimum atomic E-state index is -0.691. The number of hydrogen-bond donors (Lipinski definition) is 2. The van der Waals surface area contributed by atoms with Crippen LogP contribution >= 0.6 is 0 Å². The maximum Gasteiger partial charge on any atom is 0.321 e. The molecule has 0 aromatic carbocycles. The molecule has 1 saturated heterocycles. The molecular formula is C5H7NO2. The van der Waals surface area contributed by atoms with E-state index in [0.717, 1.165) is 6.42 Å². The van der Waals surface area contributed by atoms with Gasteiger partial charge in [0.1, 0.15) is 6.04 Å². The zero-order valence-corrected chi connectivity index (χ0v) is 4.29. The van der Waals surface area contributed by atoms with Crippen molar-refractivity contribution in [2.45, 2.75) is 18.5 Å². The Morgan fingerprint density at radius 3 is 2.62 bits per heavy atom. The summed E-state index contributed by atoms with van der Waals surface area (Å²) < 4.78 is 0. The molecule has 2 rings (SSSR count). The molecule has 0 spiro atoms. The Hall–Kier alpha value is -0.570. The summed E-state index contributed by atoms with van der Waals surface area (Å²) in [7, 11) is 0. The molecule has 0 aromatic heterocycles. The van der Waals surface area contributed by atoms with Crippen LogP contribution in [0.15, 0.2) is 0 Å². The van der Waals surface area contributed by atoms with Gasteiger partial charge in [-0.3, -0.25) is 4.79 Å². The van der Waals surface area contributed by atoms with E-state index >= 15 is 0 Å². The van der Waals surface area contributed by atoms with Gasteiger partial charge in [0.25, 0.3) is 0 Å². The first-order valence-corrected chi connectivity index (χ1v) is 2.78. The van der Waals surface area contributed by atoms with E-state index in [1.165, 1.54) is 0 Å². The van der Waals surface area contributed by atoms with Gasteiger partial charge in [0.05, 0.1) is 0 Å². The van der Waals surface area contributed by atoms with E-state index < -0.39 is 5.97 Å². The highest BCUT2D eigenvalue weighted by Gasteiger charge is 2.56. The lowest BCUT2D eigenvalue weighted by molar-refractivity contribution is -0.141. The number of nitrogens with one attached hydrogen (secondary N) is 1. The third kappa shape index (κ3) is 0.351. The van der Waals surface area contributed by atoms with Crippen LogP contribution in [-0.4, -0.2) is 23.2 Å². The highest BCUT2D eigenvalue weighted by Crippen LogP contribution is 2.42. The van der Waals surface area contributed by atoms with E-state index in [9.17, 15) is 4.79 Å².